The fourth-order valence-corrected chi connectivity index (χ4v) is 2.80. The number of hydrogen-bond donors (Lipinski definition) is 2. The van der Waals surface area contributed by atoms with E-state index in [1.54, 1.807) is 42.5 Å². The number of ether oxygens (including phenoxy) is 2. The molecule has 0 saturated heterocycles. The molecule has 0 saturated carbocycles. The quantitative estimate of drug-likeness (QED) is 0.826. The van der Waals surface area contributed by atoms with Gasteiger partial charge in [0.1, 0.15) is 19.8 Å². The maximum Gasteiger partial charge on any atom is 0.244 e. The lowest BCUT2D eigenvalue weighted by Gasteiger charge is -2.22. The van der Waals surface area contributed by atoms with E-state index in [0.29, 0.717) is 41.8 Å². The minimum Gasteiger partial charge on any atom is -0.486 e. The lowest BCUT2D eigenvalue weighted by Crippen LogP contribution is -2.36. The predicted octanol–water partition coefficient (Wildman–Crippen LogP) is 2.41. The van der Waals surface area contributed by atoms with Gasteiger partial charge in [0.25, 0.3) is 0 Å². The van der Waals surface area contributed by atoms with Gasteiger partial charge in [-0.1, -0.05) is 6.07 Å². The number of amides is 3. The van der Waals surface area contributed by atoms with Crippen LogP contribution < -0.4 is 25.0 Å². The van der Waals surface area contributed by atoms with Gasteiger partial charge in [0.2, 0.25) is 17.7 Å². The molecule has 2 N–H and O–H groups in total. The normalized spacial score (nSPS) is 12.1. The smallest absolute Gasteiger partial charge is 0.244 e. The summed E-state index contributed by atoms with van der Waals surface area (Å²) in [6.45, 7) is 3.54. The van der Waals surface area contributed by atoms with Crippen LogP contribution in [0.3, 0.4) is 0 Å². The average molecular weight is 383 g/mol. The summed E-state index contributed by atoms with van der Waals surface area (Å²) in [5.74, 6) is 0.317. The third kappa shape index (κ3) is 4.79. The van der Waals surface area contributed by atoms with Gasteiger partial charge in [0.05, 0.1) is 0 Å². The molecule has 0 aliphatic carbocycles. The van der Waals surface area contributed by atoms with E-state index in [9.17, 15) is 14.4 Å². The number of rotatable bonds is 5. The Labute approximate surface area is 162 Å². The van der Waals surface area contributed by atoms with Crippen LogP contribution in [0.5, 0.6) is 11.5 Å². The summed E-state index contributed by atoms with van der Waals surface area (Å²) in [5, 5.41) is 5.41. The second-order valence-corrected chi connectivity index (χ2v) is 6.24. The van der Waals surface area contributed by atoms with Crippen molar-refractivity contribution in [2.75, 3.05) is 35.3 Å². The average Bonchev–Trinajstić information content (AvgIpc) is 2.65. The molecule has 0 aromatic heterocycles. The minimum atomic E-state index is -0.364. The molecule has 3 amide bonds. The van der Waals surface area contributed by atoms with Gasteiger partial charge in [-0.2, -0.15) is 0 Å². The van der Waals surface area contributed by atoms with E-state index >= 15 is 0 Å². The van der Waals surface area contributed by atoms with Crippen molar-refractivity contribution in [1.29, 1.82) is 0 Å². The Balaban J connectivity index is 1.71. The van der Waals surface area contributed by atoms with Crippen LogP contribution in [-0.4, -0.2) is 37.5 Å². The summed E-state index contributed by atoms with van der Waals surface area (Å²) >= 11 is 0. The van der Waals surface area contributed by atoms with E-state index in [-0.39, 0.29) is 24.3 Å². The third-order valence-electron chi connectivity index (χ3n) is 3.99. The van der Waals surface area contributed by atoms with Crippen LogP contribution >= 0.6 is 0 Å². The Morgan fingerprint density at radius 2 is 1.64 bits per heavy atom. The highest BCUT2D eigenvalue weighted by Gasteiger charge is 2.18. The summed E-state index contributed by atoms with van der Waals surface area (Å²) in [7, 11) is 0. The summed E-state index contributed by atoms with van der Waals surface area (Å²) in [4.78, 5) is 37.1. The highest BCUT2D eigenvalue weighted by Crippen LogP contribution is 2.32. The highest BCUT2D eigenvalue weighted by atomic mass is 16.6. The third-order valence-corrected chi connectivity index (χ3v) is 3.99. The first-order chi connectivity index (χ1) is 13.4. The van der Waals surface area contributed by atoms with Crippen LogP contribution in [-0.2, 0) is 14.4 Å². The molecule has 28 heavy (non-hydrogen) atoms. The van der Waals surface area contributed by atoms with E-state index < -0.39 is 0 Å². The number of nitrogens with one attached hydrogen (secondary N) is 2. The van der Waals surface area contributed by atoms with Crippen molar-refractivity contribution >= 4 is 34.8 Å². The van der Waals surface area contributed by atoms with Gasteiger partial charge in [0.15, 0.2) is 11.5 Å². The molecule has 146 valence electrons. The Morgan fingerprint density at radius 3 is 2.36 bits per heavy atom. The van der Waals surface area contributed by atoms with Gasteiger partial charge < -0.3 is 25.0 Å². The van der Waals surface area contributed by atoms with E-state index in [0.717, 1.165) is 0 Å². The Morgan fingerprint density at radius 1 is 0.929 bits per heavy atom. The zero-order valence-corrected chi connectivity index (χ0v) is 15.7. The molecule has 2 aromatic carbocycles. The minimum absolute atomic E-state index is 0.173. The number of anilines is 3. The number of nitrogens with zero attached hydrogens (tertiary/aromatic N) is 1. The number of fused-ring (bicyclic) bond motifs is 1. The summed E-state index contributed by atoms with van der Waals surface area (Å²) in [6.07, 6.45) is 0. The zero-order valence-electron chi connectivity index (χ0n) is 15.7. The van der Waals surface area contributed by atoms with Gasteiger partial charge in [-0.05, 0) is 30.3 Å². The van der Waals surface area contributed by atoms with Gasteiger partial charge in [-0.3, -0.25) is 14.4 Å². The van der Waals surface area contributed by atoms with Crippen LogP contribution in [0.1, 0.15) is 13.8 Å². The maximum absolute atomic E-state index is 12.5. The van der Waals surface area contributed by atoms with E-state index in [1.807, 2.05) is 0 Å². The van der Waals surface area contributed by atoms with Gasteiger partial charge >= 0.3 is 0 Å². The zero-order chi connectivity index (χ0) is 20.1. The summed E-state index contributed by atoms with van der Waals surface area (Å²) in [5.41, 5.74) is 1.60. The van der Waals surface area contributed by atoms with Gasteiger partial charge in [-0.25, -0.2) is 0 Å². The maximum atomic E-state index is 12.5. The van der Waals surface area contributed by atoms with Gasteiger partial charge in [0, 0.05) is 37.0 Å². The number of hydrogen-bond acceptors (Lipinski definition) is 5. The lowest BCUT2D eigenvalue weighted by molar-refractivity contribution is -0.120. The van der Waals surface area contributed by atoms with Crippen molar-refractivity contribution in [3.05, 3.63) is 42.5 Å². The number of carbonyl (C=O) groups is 3. The van der Waals surface area contributed by atoms with E-state index in [4.69, 9.17) is 9.47 Å². The van der Waals surface area contributed by atoms with Gasteiger partial charge in [-0.15, -0.1) is 0 Å². The lowest BCUT2D eigenvalue weighted by atomic mass is 10.2. The van der Waals surface area contributed by atoms with Crippen molar-refractivity contribution in [3.63, 3.8) is 0 Å². The molecule has 0 bridgehead atoms. The molecule has 0 unspecified atom stereocenters. The fraction of sp³-hybridized carbons (Fsp3) is 0.250. The standard InChI is InChI=1S/C20H21N3O5/c1-13(24)21-15-4-3-5-17(10-15)23(14(2)25)12-20(26)22-16-6-7-18-19(11-16)28-9-8-27-18/h3-7,10-11H,8-9,12H2,1-2H3,(H,21,24)(H,22,26). The first-order valence-electron chi connectivity index (χ1n) is 8.77. The molecular formula is C20H21N3O5. The van der Waals surface area contributed by atoms with Crippen LogP contribution in [0.15, 0.2) is 42.5 Å². The molecule has 0 fully saturated rings. The second-order valence-electron chi connectivity index (χ2n) is 6.24. The Kier molecular flexibility index (Phi) is 5.78. The van der Waals surface area contributed by atoms with E-state index in [1.165, 1.54) is 18.7 Å². The SMILES string of the molecule is CC(=O)Nc1cccc(N(CC(=O)Nc2ccc3c(c2)OCCO3)C(C)=O)c1. The van der Waals surface area contributed by atoms with Crippen molar-refractivity contribution in [2.45, 2.75) is 13.8 Å². The molecule has 0 spiro atoms. The molecule has 1 heterocycles. The second kappa shape index (κ2) is 8.43. The summed E-state index contributed by atoms with van der Waals surface area (Å²) < 4.78 is 11.0. The molecular weight excluding hydrogens is 362 g/mol. The molecule has 1 aliphatic heterocycles. The fourth-order valence-electron chi connectivity index (χ4n) is 2.80. The highest BCUT2D eigenvalue weighted by molar-refractivity contribution is 6.02. The number of carbonyl (C=O) groups excluding carboxylic acids is 3. The van der Waals surface area contributed by atoms with Crippen LogP contribution in [0.4, 0.5) is 17.1 Å². The Bertz CT molecular complexity index is 912. The largest absolute Gasteiger partial charge is 0.486 e. The molecule has 8 heteroatoms. The molecule has 0 radical (unpaired) electrons. The van der Waals surface area contributed by atoms with Crippen molar-refractivity contribution in [1.82, 2.24) is 0 Å². The molecule has 2 aromatic rings. The molecule has 0 atom stereocenters. The molecule has 1 aliphatic rings. The first-order valence-corrected chi connectivity index (χ1v) is 8.77. The van der Waals surface area contributed by atoms with Crippen molar-refractivity contribution < 1.29 is 23.9 Å². The monoisotopic (exact) mass is 383 g/mol. The van der Waals surface area contributed by atoms with Crippen molar-refractivity contribution in [2.24, 2.45) is 0 Å². The molecule has 3 rings (SSSR count). The topological polar surface area (TPSA) is 97.0 Å². The van der Waals surface area contributed by atoms with Crippen LogP contribution in [0.2, 0.25) is 0 Å². The summed E-state index contributed by atoms with van der Waals surface area (Å²) in [6, 6.07) is 11.9. The first kappa shape index (κ1) is 19.2. The Hall–Kier alpha value is -3.55. The number of benzene rings is 2. The van der Waals surface area contributed by atoms with E-state index in [2.05, 4.69) is 10.6 Å². The van der Waals surface area contributed by atoms with Crippen LogP contribution in [0.25, 0.3) is 0 Å². The van der Waals surface area contributed by atoms with Crippen LogP contribution in [0, 0.1) is 0 Å². The predicted molar refractivity (Wildman–Crippen MR) is 105 cm³/mol. The van der Waals surface area contributed by atoms with Crippen molar-refractivity contribution in [3.8, 4) is 11.5 Å². The molecule has 8 nitrogen and oxygen atoms in total.